The summed E-state index contributed by atoms with van der Waals surface area (Å²) >= 11 is 1.52. The van der Waals surface area contributed by atoms with Crippen LogP contribution in [0.1, 0.15) is 36.8 Å². The molecule has 0 spiro atoms. The van der Waals surface area contributed by atoms with E-state index in [-0.39, 0.29) is 6.03 Å². The fourth-order valence-corrected chi connectivity index (χ4v) is 3.59. The lowest BCUT2D eigenvalue weighted by Gasteiger charge is -2.11. The maximum Gasteiger partial charge on any atom is 0.321 e. The summed E-state index contributed by atoms with van der Waals surface area (Å²) in [4.78, 5) is 16.5. The monoisotopic (exact) mass is 289 g/mol. The predicted octanol–water partition coefficient (Wildman–Crippen LogP) is 3.98. The number of hydrogen-bond acceptors (Lipinski definition) is 3. The molecule has 0 radical (unpaired) electrons. The van der Waals surface area contributed by atoms with E-state index in [0.717, 1.165) is 23.1 Å². The van der Waals surface area contributed by atoms with Gasteiger partial charge in [-0.1, -0.05) is 30.2 Å². The fourth-order valence-electron chi connectivity index (χ4n) is 2.67. The van der Waals surface area contributed by atoms with Crippen molar-refractivity contribution in [2.24, 2.45) is 0 Å². The molecule has 0 aliphatic heterocycles. The van der Waals surface area contributed by atoms with Gasteiger partial charge in [0.15, 0.2) is 5.13 Å². The fraction of sp³-hybridized carbons (Fsp3) is 0.467. The van der Waals surface area contributed by atoms with Crippen molar-refractivity contribution >= 4 is 32.7 Å². The van der Waals surface area contributed by atoms with Gasteiger partial charge in [0, 0.05) is 6.04 Å². The van der Waals surface area contributed by atoms with Gasteiger partial charge in [0.25, 0.3) is 0 Å². The van der Waals surface area contributed by atoms with Crippen LogP contribution < -0.4 is 10.6 Å². The average molecular weight is 289 g/mol. The minimum atomic E-state index is -0.134. The van der Waals surface area contributed by atoms with Gasteiger partial charge in [-0.15, -0.1) is 0 Å². The first-order chi connectivity index (χ1) is 9.63. The molecule has 3 rings (SSSR count). The van der Waals surface area contributed by atoms with E-state index in [0.29, 0.717) is 11.2 Å². The SMILES string of the molecule is Cc1ccc2sc(NC(=O)NC3CCCC3)nc2c1C. The number of nitrogens with one attached hydrogen (secondary N) is 2. The Bertz CT molecular complexity index is 644. The molecule has 2 aromatic rings. The van der Waals surface area contributed by atoms with Crippen molar-refractivity contribution in [2.45, 2.75) is 45.6 Å². The van der Waals surface area contributed by atoms with E-state index in [1.165, 1.54) is 35.3 Å². The number of carbonyl (C=O) groups is 1. The molecule has 1 aliphatic rings. The topological polar surface area (TPSA) is 54.0 Å². The summed E-state index contributed by atoms with van der Waals surface area (Å²) in [7, 11) is 0. The zero-order chi connectivity index (χ0) is 14.1. The van der Waals surface area contributed by atoms with Gasteiger partial charge in [0.2, 0.25) is 0 Å². The third-order valence-corrected chi connectivity index (χ3v) is 4.93. The van der Waals surface area contributed by atoms with Crippen molar-refractivity contribution in [3.05, 3.63) is 23.3 Å². The van der Waals surface area contributed by atoms with Crippen LogP contribution in [0.25, 0.3) is 10.2 Å². The molecular formula is C15H19N3OS. The van der Waals surface area contributed by atoms with Crippen LogP contribution in [0.2, 0.25) is 0 Å². The smallest absolute Gasteiger partial charge is 0.321 e. The quantitative estimate of drug-likeness (QED) is 0.878. The number of aromatic nitrogens is 1. The van der Waals surface area contributed by atoms with E-state index in [1.54, 1.807) is 0 Å². The lowest BCUT2D eigenvalue weighted by molar-refractivity contribution is 0.248. The van der Waals surface area contributed by atoms with Gasteiger partial charge in [0.1, 0.15) is 0 Å². The van der Waals surface area contributed by atoms with E-state index in [4.69, 9.17) is 0 Å². The molecule has 2 N–H and O–H groups in total. The summed E-state index contributed by atoms with van der Waals surface area (Å²) in [5, 5.41) is 6.55. The Morgan fingerprint density at radius 3 is 2.80 bits per heavy atom. The van der Waals surface area contributed by atoms with Gasteiger partial charge in [-0.3, -0.25) is 5.32 Å². The lowest BCUT2D eigenvalue weighted by atomic mass is 10.1. The molecule has 0 saturated heterocycles. The largest absolute Gasteiger partial charge is 0.335 e. The number of rotatable bonds is 2. The van der Waals surface area contributed by atoms with E-state index in [2.05, 4.69) is 41.6 Å². The van der Waals surface area contributed by atoms with Crippen molar-refractivity contribution in [3.63, 3.8) is 0 Å². The van der Waals surface area contributed by atoms with Crippen LogP contribution in [-0.2, 0) is 0 Å². The Morgan fingerprint density at radius 1 is 1.30 bits per heavy atom. The van der Waals surface area contributed by atoms with Crippen molar-refractivity contribution < 1.29 is 4.79 Å². The number of nitrogens with zero attached hydrogens (tertiary/aromatic N) is 1. The van der Waals surface area contributed by atoms with Crippen LogP contribution in [0, 0.1) is 13.8 Å². The molecule has 1 aliphatic carbocycles. The lowest BCUT2D eigenvalue weighted by Crippen LogP contribution is -2.36. The van der Waals surface area contributed by atoms with Gasteiger partial charge in [0.05, 0.1) is 10.2 Å². The highest BCUT2D eigenvalue weighted by Crippen LogP contribution is 2.29. The first kappa shape index (κ1) is 13.4. The van der Waals surface area contributed by atoms with Crippen LogP contribution in [0.15, 0.2) is 12.1 Å². The van der Waals surface area contributed by atoms with Gasteiger partial charge in [-0.05, 0) is 43.9 Å². The third-order valence-electron chi connectivity index (χ3n) is 4.00. The summed E-state index contributed by atoms with van der Waals surface area (Å²) in [6, 6.07) is 4.35. The normalized spacial score (nSPS) is 15.7. The van der Waals surface area contributed by atoms with Crippen LogP contribution in [0.3, 0.4) is 0 Å². The molecule has 0 bridgehead atoms. The summed E-state index contributed by atoms with van der Waals surface area (Å²) in [6.45, 7) is 4.15. The van der Waals surface area contributed by atoms with Crippen molar-refractivity contribution in [2.75, 3.05) is 5.32 Å². The third kappa shape index (κ3) is 2.63. The Balaban J connectivity index is 1.74. The predicted molar refractivity (Wildman–Crippen MR) is 83.5 cm³/mol. The molecule has 106 valence electrons. The summed E-state index contributed by atoms with van der Waals surface area (Å²) in [5.74, 6) is 0. The molecule has 1 saturated carbocycles. The van der Waals surface area contributed by atoms with Gasteiger partial charge >= 0.3 is 6.03 Å². The van der Waals surface area contributed by atoms with Gasteiger partial charge < -0.3 is 5.32 Å². The molecule has 1 aromatic carbocycles. The van der Waals surface area contributed by atoms with Gasteiger partial charge in [-0.2, -0.15) is 0 Å². The molecule has 20 heavy (non-hydrogen) atoms. The second-order valence-electron chi connectivity index (χ2n) is 5.45. The second kappa shape index (κ2) is 5.40. The standard InChI is InChI=1S/C15H19N3OS/c1-9-7-8-12-13(10(9)2)17-15(20-12)18-14(19)16-11-5-3-4-6-11/h7-8,11H,3-6H2,1-2H3,(H2,16,17,18,19). The van der Waals surface area contributed by atoms with Crippen molar-refractivity contribution in [1.82, 2.24) is 10.3 Å². The molecule has 4 nitrogen and oxygen atoms in total. The zero-order valence-electron chi connectivity index (χ0n) is 11.8. The first-order valence-corrected chi connectivity index (χ1v) is 7.89. The molecule has 0 atom stereocenters. The maximum absolute atomic E-state index is 11.9. The average Bonchev–Trinajstić information content (AvgIpc) is 3.03. The highest BCUT2D eigenvalue weighted by molar-refractivity contribution is 7.22. The molecule has 5 heteroatoms. The van der Waals surface area contributed by atoms with E-state index < -0.39 is 0 Å². The highest BCUT2D eigenvalue weighted by Gasteiger charge is 2.18. The van der Waals surface area contributed by atoms with Gasteiger partial charge in [-0.25, -0.2) is 9.78 Å². The highest BCUT2D eigenvalue weighted by atomic mass is 32.1. The zero-order valence-corrected chi connectivity index (χ0v) is 12.6. The Hall–Kier alpha value is -1.62. The molecule has 2 amide bonds. The Labute approximate surface area is 122 Å². The minimum Gasteiger partial charge on any atom is -0.335 e. The molecular weight excluding hydrogens is 270 g/mol. The molecule has 1 aromatic heterocycles. The number of aryl methyl sites for hydroxylation is 2. The van der Waals surface area contributed by atoms with Crippen LogP contribution >= 0.6 is 11.3 Å². The number of hydrogen-bond donors (Lipinski definition) is 2. The van der Waals surface area contributed by atoms with Crippen molar-refractivity contribution in [3.8, 4) is 0 Å². The Kier molecular flexibility index (Phi) is 3.61. The number of urea groups is 1. The number of anilines is 1. The van der Waals surface area contributed by atoms with E-state index >= 15 is 0 Å². The van der Waals surface area contributed by atoms with Crippen LogP contribution in [0.5, 0.6) is 0 Å². The number of carbonyl (C=O) groups excluding carboxylic acids is 1. The molecule has 1 heterocycles. The summed E-state index contributed by atoms with van der Waals surface area (Å²) in [6.07, 6.45) is 4.60. The van der Waals surface area contributed by atoms with E-state index in [9.17, 15) is 4.79 Å². The minimum absolute atomic E-state index is 0.134. The first-order valence-electron chi connectivity index (χ1n) is 7.08. The summed E-state index contributed by atoms with van der Waals surface area (Å²) in [5.41, 5.74) is 3.40. The number of thiazole rings is 1. The molecule has 0 unspecified atom stereocenters. The Morgan fingerprint density at radius 2 is 2.05 bits per heavy atom. The molecule has 1 fully saturated rings. The van der Waals surface area contributed by atoms with Crippen molar-refractivity contribution in [1.29, 1.82) is 0 Å². The number of fused-ring (bicyclic) bond motifs is 1. The maximum atomic E-state index is 11.9. The number of benzene rings is 1. The van der Waals surface area contributed by atoms with E-state index in [1.807, 2.05) is 0 Å². The van der Waals surface area contributed by atoms with Crippen LogP contribution in [0.4, 0.5) is 9.93 Å². The second-order valence-corrected chi connectivity index (χ2v) is 6.48. The number of amides is 2. The summed E-state index contributed by atoms with van der Waals surface area (Å²) < 4.78 is 1.12. The van der Waals surface area contributed by atoms with Crippen LogP contribution in [-0.4, -0.2) is 17.1 Å².